The van der Waals surface area contributed by atoms with Crippen LogP contribution in [0, 0.1) is 6.92 Å². The van der Waals surface area contributed by atoms with Crippen LogP contribution in [0.5, 0.6) is 5.75 Å². The third-order valence-corrected chi connectivity index (χ3v) is 2.31. The molecule has 3 N–H and O–H groups in total. The van der Waals surface area contributed by atoms with E-state index in [0.717, 1.165) is 17.9 Å². The summed E-state index contributed by atoms with van der Waals surface area (Å²) < 4.78 is 5.52. The van der Waals surface area contributed by atoms with Gasteiger partial charge in [0.2, 0.25) is 0 Å². The van der Waals surface area contributed by atoms with Crippen LogP contribution in [0.1, 0.15) is 5.56 Å². The number of ether oxygens (including phenoxy) is 1. The Hall–Kier alpha value is -0.770. The molecule has 15 heavy (non-hydrogen) atoms. The molecule has 0 aliphatic carbocycles. The van der Waals surface area contributed by atoms with E-state index in [9.17, 15) is 0 Å². The minimum atomic E-state index is 0.200. The smallest absolute Gasteiger partial charge is 0.138 e. The summed E-state index contributed by atoms with van der Waals surface area (Å²) in [4.78, 5) is 0. The van der Waals surface area contributed by atoms with Crippen molar-refractivity contribution in [1.29, 1.82) is 0 Å². The van der Waals surface area contributed by atoms with Gasteiger partial charge in [-0.2, -0.15) is 0 Å². The highest BCUT2D eigenvalue weighted by atomic mass is 35.5. The van der Waals surface area contributed by atoms with E-state index < -0.39 is 0 Å². The first kappa shape index (κ1) is 12.3. The van der Waals surface area contributed by atoms with E-state index >= 15 is 0 Å². The van der Waals surface area contributed by atoms with Crippen LogP contribution in [-0.2, 0) is 0 Å². The maximum Gasteiger partial charge on any atom is 0.138 e. The molecule has 1 aromatic carbocycles. The van der Waals surface area contributed by atoms with E-state index in [-0.39, 0.29) is 6.61 Å². The lowest BCUT2D eigenvalue weighted by Gasteiger charge is -2.07. The van der Waals surface area contributed by atoms with Crippen LogP contribution < -0.4 is 10.1 Å². The Morgan fingerprint density at radius 3 is 2.93 bits per heavy atom. The quantitative estimate of drug-likeness (QED) is 0.703. The molecular formula is C11H17ClNO2+. The van der Waals surface area contributed by atoms with Gasteiger partial charge in [-0.25, -0.2) is 0 Å². The first-order valence-electron chi connectivity index (χ1n) is 5.05. The van der Waals surface area contributed by atoms with Gasteiger partial charge in [-0.05, 0) is 24.6 Å². The van der Waals surface area contributed by atoms with E-state index in [1.165, 1.54) is 0 Å². The van der Waals surface area contributed by atoms with Crippen molar-refractivity contribution in [3.05, 3.63) is 28.8 Å². The lowest BCUT2D eigenvalue weighted by molar-refractivity contribution is -0.656. The zero-order valence-corrected chi connectivity index (χ0v) is 9.63. The average Bonchev–Trinajstić information content (AvgIpc) is 2.23. The summed E-state index contributed by atoms with van der Waals surface area (Å²) in [5, 5.41) is 11.2. The fourth-order valence-corrected chi connectivity index (χ4v) is 1.38. The summed E-state index contributed by atoms with van der Waals surface area (Å²) >= 11 is 5.96. The van der Waals surface area contributed by atoms with Gasteiger partial charge >= 0.3 is 0 Å². The van der Waals surface area contributed by atoms with Gasteiger partial charge < -0.3 is 15.2 Å². The summed E-state index contributed by atoms with van der Waals surface area (Å²) in [7, 11) is 0. The predicted molar refractivity (Wildman–Crippen MR) is 60.4 cm³/mol. The third kappa shape index (κ3) is 4.51. The first-order chi connectivity index (χ1) is 7.24. The van der Waals surface area contributed by atoms with Gasteiger partial charge in [-0.3, -0.25) is 0 Å². The Bertz CT molecular complexity index is 305. The highest BCUT2D eigenvalue weighted by molar-refractivity contribution is 6.32. The molecule has 0 bridgehead atoms. The summed E-state index contributed by atoms with van der Waals surface area (Å²) in [5.41, 5.74) is 1.13. The highest BCUT2D eigenvalue weighted by Gasteiger charge is 2.01. The van der Waals surface area contributed by atoms with Gasteiger partial charge in [0.1, 0.15) is 18.9 Å². The summed E-state index contributed by atoms with van der Waals surface area (Å²) in [6, 6.07) is 5.71. The van der Waals surface area contributed by atoms with Gasteiger partial charge in [0.25, 0.3) is 0 Å². The molecule has 0 atom stereocenters. The molecule has 1 rings (SSSR count). The van der Waals surface area contributed by atoms with Crippen LogP contribution in [0.15, 0.2) is 18.2 Å². The molecule has 1 aromatic rings. The second-order valence-corrected chi connectivity index (χ2v) is 3.78. The molecule has 0 saturated carbocycles. The molecule has 0 aliphatic rings. The predicted octanol–water partition coefficient (Wildman–Crippen LogP) is 0.583. The molecule has 0 spiro atoms. The normalized spacial score (nSPS) is 10.3. The van der Waals surface area contributed by atoms with Crippen molar-refractivity contribution in [2.75, 3.05) is 26.3 Å². The number of hydrogen-bond donors (Lipinski definition) is 2. The Labute approximate surface area is 95.0 Å². The molecule has 0 saturated heterocycles. The number of hydrogen-bond acceptors (Lipinski definition) is 2. The maximum absolute atomic E-state index is 8.57. The molecule has 0 heterocycles. The van der Waals surface area contributed by atoms with Gasteiger partial charge in [0.05, 0.1) is 18.2 Å². The van der Waals surface area contributed by atoms with Crippen molar-refractivity contribution in [3.8, 4) is 5.75 Å². The van der Waals surface area contributed by atoms with Crippen LogP contribution in [0.25, 0.3) is 0 Å². The molecule has 0 aliphatic heterocycles. The van der Waals surface area contributed by atoms with Crippen LogP contribution >= 0.6 is 11.6 Å². The summed E-state index contributed by atoms with van der Waals surface area (Å²) in [6.07, 6.45) is 0. The second kappa shape index (κ2) is 6.67. The molecule has 0 aromatic heterocycles. The van der Waals surface area contributed by atoms with E-state index in [1.54, 1.807) is 0 Å². The maximum atomic E-state index is 8.57. The Morgan fingerprint density at radius 2 is 2.20 bits per heavy atom. The largest absolute Gasteiger partial charge is 0.486 e. The number of aliphatic hydroxyl groups excluding tert-OH is 1. The number of aryl methyl sites for hydroxylation is 1. The Kier molecular flexibility index (Phi) is 5.47. The molecule has 3 nitrogen and oxygen atoms in total. The minimum Gasteiger partial charge on any atom is -0.486 e. The van der Waals surface area contributed by atoms with Crippen molar-refractivity contribution in [2.45, 2.75) is 6.92 Å². The van der Waals surface area contributed by atoms with Crippen molar-refractivity contribution in [1.82, 2.24) is 0 Å². The molecule has 84 valence electrons. The SMILES string of the molecule is Cc1ccc(Cl)c(OCC[NH2+]CCO)c1. The second-order valence-electron chi connectivity index (χ2n) is 3.37. The number of halogens is 1. The third-order valence-electron chi connectivity index (χ3n) is 2.00. The van der Waals surface area contributed by atoms with E-state index in [0.29, 0.717) is 18.2 Å². The molecule has 0 unspecified atom stereocenters. The number of aliphatic hydroxyl groups is 1. The lowest BCUT2D eigenvalue weighted by Crippen LogP contribution is -2.86. The van der Waals surface area contributed by atoms with Gasteiger partial charge in [0.15, 0.2) is 0 Å². The number of rotatable bonds is 6. The fourth-order valence-electron chi connectivity index (χ4n) is 1.21. The van der Waals surface area contributed by atoms with E-state index in [4.69, 9.17) is 21.4 Å². The van der Waals surface area contributed by atoms with Crippen molar-refractivity contribution in [3.63, 3.8) is 0 Å². The average molecular weight is 231 g/mol. The first-order valence-corrected chi connectivity index (χ1v) is 5.43. The monoisotopic (exact) mass is 230 g/mol. The van der Waals surface area contributed by atoms with Crippen LogP contribution in [0.2, 0.25) is 5.02 Å². The van der Waals surface area contributed by atoms with Gasteiger partial charge in [0, 0.05) is 0 Å². The molecule has 0 fully saturated rings. The summed E-state index contributed by atoms with van der Waals surface area (Å²) in [6.45, 7) is 4.34. The Morgan fingerprint density at radius 1 is 1.40 bits per heavy atom. The zero-order valence-electron chi connectivity index (χ0n) is 8.87. The van der Waals surface area contributed by atoms with Gasteiger partial charge in [-0.1, -0.05) is 17.7 Å². The summed E-state index contributed by atoms with van der Waals surface area (Å²) in [5.74, 6) is 0.731. The van der Waals surface area contributed by atoms with Crippen LogP contribution in [0.3, 0.4) is 0 Å². The molecule has 0 amide bonds. The fraction of sp³-hybridized carbons (Fsp3) is 0.455. The zero-order chi connectivity index (χ0) is 11.1. The molecular weight excluding hydrogens is 214 g/mol. The van der Waals surface area contributed by atoms with Crippen molar-refractivity contribution in [2.24, 2.45) is 0 Å². The Balaban J connectivity index is 2.33. The van der Waals surface area contributed by atoms with E-state index in [2.05, 4.69) is 0 Å². The van der Waals surface area contributed by atoms with Crippen molar-refractivity contribution >= 4 is 11.6 Å². The topological polar surface area (TPSA) is 46.1 Å². The van der Waals surface area contributed by atoms with Gasteiger partial charge in [-0.15, -0.1) is 0 Å². The number of quaternary nitrogens is 1. The minimum absolute atomic E-state index is 0.200. The van der Waals surface area contributed by atoms with Crippen molar-refractivity contribution < 1.29 is 15.2 Å². The number of nitrogens with two attached hydrogens (primary N) is 1. The van der Waals surface area contributed by atoms with E-state index in [1.807, 2.05) is 30.4 Å². The standard InChI is InChI=1S/C11H16ClNO2/c1-9-2-3-10(12)11(8-9)15-7-5-13-4-6-14/h2-3,8,13-14H,4-7H2,1H3/p+1. The van der Waals surface area contributed by atoms with Crippen LogP contribution in [-0.4, -0.2) is 31.4 Å². The molecule has 4 heteroatoms. The highest BCUT2D eigenvalue weighted by Crippen LogP contribution is 2.24. The molecule has 0 radical (unpaired) electrons. The lowest BCUT2D eigenvalue weighted by atomic mass is 10.2. The number of benzene rings is 1. The van der Waals surface area contributed by atoms with Crippen LogP contribution in [0.4, 0.5) is 0 Å².